The van der Waals surface area contributed by atoms with Crippen LogP contribution in [0.5, 0.6) is 0 Å². The minimum absolute atomic E-state index is 0.00290. The van der Waals surface area contributed by atoms with Gasteiger partial charge in [-0.1, -0.05) is 24.3 Å². The van der Waals surface area contributed by atoms with Gasteiger partial charge in [-0.25, -0.2) is 4.79 Å². The zero-order valence-electron chi connectivity index (χ0n) is 21.0. The average Bonchev–Trinajstić information content (AvgIpc) is 3.52. The number of carbonyl (C=O) groups excluding carboxylic acids is 4. The summed E-state index contributed by atoms with van der Waals surface area (Å²) in [6, 6.07) is 5.22. The number of carbonyl (C=O) groups is 4. The van der Waals surface area contributed by atoms with Crippen LogP contribution in [0.25, 0.3) is 0 Å². The largest absolute Gasteiger partial charge is 0.444 e. The smallest absolute Gasteiger partial charge is 0.408 e. The Morgan fingerprint density at radius 2 is 1.74 bits per heavy atom. The molecular weight excluding hydrogens is 436 g/mol. The van der Waals surface area contributed by atoms with E-state index in [1.165, 1.54) is 0 Å². The topological polar surface area (TPSA) is 131 Å². The lowest BCUT2D eigenvalue weighted by Gasteiger charge is -2.35. The van der Waals surface area contributed by atoms with Crippen LogP contribution >= 0.6 is 0 Å². The summed E-state index contributed by atoms with van der Waals surface area (Å²) in [7, 11) is 0. The van der Waals surface area contributed by atoms with E-state index in [1.54, 1.807) is 25.7 Å². The molecule has 2 unspecified atom stereocenters. The molecule has 1 saturated carbocycles. The summed E-state index contributed by atoms with van der Waals surface area (Å²) in [5.74, 6) is -1.33. The summed E-state index contributed by atoms with van der Waals surface area (Å²) in [6.45, 7) is 10.8. The van der Waals surface area contributed by atoms with E-state index in [1.807, 2.05) is 45.0 Å². The monoisotopic (exact) mass is 474 g/mol. The Morgan fingerprint density at radius 3 is 2.24 bits per heavy atom. The van der Waals surface area contributed by atoms with Crippen LogP contribution in [0.4, 0.5) is 4.79 Å². The summed E-state index contributed by atoms with van der Waals surface area (Å²) in [4.78, 5) is 52.8. The van der Waals surface area contributed by atoms with Crippen molar-refractivity contribution in [2.75, 3.05) is 0 Å². The average molecular weight is 475 g/mol. The Morgan fingerprint density at radius 1 is 1.12 bits per heavy atom. The number of hydrogen-bond acceptors (Lipinski definition) is 5. The Hall–Kier alpha value is -3.10. The van der Waals surface area contributed by atoms with Gasteiger partial charge in [0.25, 0.3) is 0 Å². The number of amides is 4. The molecular formula is C25H38N4O5. The normalized spacial score (nSPS) is 15.3. The number of hydrogen-bond donors (Lipinski definition) is 3. The van der Waals surface area contributed by atoms with Crippen molar-refractivity contribution >= 4 is 23.8 Å². The van der Waals surface area contributed by atoms with Gasteiger partial charge in [0.1, 0.15) is 17.7 Å². The zero-order valence-corrected chi connectivity index (χ0v) is 21.0. The quantitative estimate of drug-likeness (QED) is 0.480. The summed E-state index contributed by atoms with van der Waals surface area (Å²) < 4.78 is 5.33. The van der Waals surface area contributed by atoms with Crippen molar-refractivity contribution in [1.29, 1.82) is 0 Å². The first-order valence-corrected chi connectivity index (χ1v) is 11.8. The van der Waals surface area contributed by atoms with Gasteiger partial charge in [0.15, 0.2) is 0 Å². The van der Waals surface area contributed by atoms with Gasteiger partial charge in [-0.2, -0.15) is 0 Å². The molecule has 1 aromatic carbocycles. The zero-order chi connectivity index (χ0) is 25.6. The summed E-state index contributed by atoms with van der Waals surface area (Å²) in [5, 5.41) is 5.53. The van der Waals surface area contributed by atoms with Gasteiger partial charge >= 0.3 is 6.09 Å². The highest BCUT2D eigenvalue weighted by atomic mass is 16.6. The van der Waals surface area contributed by atoms with Crippen LogP contribution in [-0.4, -0.2) is 52.4 Å². The van der Waals surface area contributed by atoms with Crippen LogP contribution in [-0.2, 0) is 19.1 Å². The van der Waals surface area contributed by atoms with Crippen molar-refractivity contribution < 1.29 is 23.9 Å². The molecule has 9 nitrogen and oxygen atoms in total. The molecule has 0 heterocycles. The second-order valence-corrected chi connectivity index (χ2v) is 10.1. The molecule has 1 aliphatic rings. The molecule has 2 rings (SSSR count). The second kappa shape index (κ2) is 11.4. The number of ether oxygens (including phenoxy) is 1. The van der Waals surface area contributed by atoms with Gasteiger partial charge < -0.3 is 26.0 Å². The van der Waals surface area contributed by atoms with Crippen molar-refractivity contribution in [2.24, 2.45) is 5.73 Å². The molecule has 1 aliphatic carbocycles. The number of alkyl carbamates (subject to hydrolysis) is 1. The maximum atomic E-state index is 13.9. The van der Waals surface area contributed by atoms with Crippen LogP contribution in [0.2, 0.25) is 0 Å². The van der Waals surface area contributed by atoms with E-state index in [9.17, 15) is 19.2 Å². The number of nitrogens with two attached hydrogens (primary N) is 1. The lowest BCUT2D eigenvalue weighted by molar-refractivity contribution is -0.143. The second-order valence-electron chi connectivity index (χ2n) is 10.1. The molecule has 4 amide bonds. The van der Waals surface area contributed by atoms with Gasteiger partial charge in [-0.3, -0.25) is 14.4 Å². The van der Waals surface area contributed by atoms with Gasteiger partial charge in [-0.05, 0) is 71.9 Å². The van der Waals surface area contributed by atoms with Crippen molar-refractivity contribution in [3.05, 3.63) is 35.4 Å². The van der Waals surface area contributed by atoms with E-state index in [-0.39, 0.29) is 30.8 Å². The van der Waals surface area contributed by atoms with E-state index in [0.717, 1.165) is 18.4 Å². The number of nitrogens with one attached hydrogen (secondary N) is 2. The molecule has 0 radical (unpaired) electrons. The first-order valence-electron chi connectivity index (χ1n) is 11.8. The van der Waals surface area contributed by atoms with E-state index in [2.05, 4.69) is 10.6 Å². The van der Waals surface area contributed by atoms with E-state index >= 15 is 0 Å². The summed E-state index contributed by atoms with van der Waals surface area (Å²) >= 11 is 0. The summed E-state index contributed by atoms with van der Waals surface area (Å²) in [5.41, 5.74) is 6.15. The molecule has 0 aromatic heterocycles. The molecule has 0 spiro atoms. The minimum atomic E-state index is -1.07. The third-order valence-electron chi connectivity index (χ3n) is 5.30. The molecule has 1 aromatic rings. The van der Waals surface area contributed by atoms with E-state index in [4.69, 9.17) is 10.5 Å². The molecule has 4 N–H and O–H groups in total. The summed E-state index contributed by atoms with van der Waals surface area (Å²) in [6.07, 6.45) is 0.627. The van der Waals surface area contributed by atoms with E-state index < -0.39 is 35.6 Å². The van der Waals surface area contributed by atoms with Crippen LogP contribution in [0, 0.1) is 6.92 Å². The fraction of sp³-hybridized carbons (Fsp3) is 0.600. The number of rotatable bonds is 10. The fourth-order valence-corrected chi connectivity index (χ4v) is 3.72. The lowest BCUT2D eigenvalue weighted by atomic mass is 9.97. The van der Waals surface area contributed by atoms with Crippen molar-refractivity contribution in [3.63, 3.8) is 0 Å². The van der Waals surface area contributed by atoms with Gasteiger partial charge in [0, 0.05) is 18.5 Å². The Bertz CT molecular complexity index is 905. The first-order chi connectivity index (χ1) is 15.8. The van der Waals surface area contributed by atoms with Gasteiger partial charge in [0.2, 0.25) is 17.7 Å². The van der Waals surface area contributed by atoms with Crippen LogP contribution in [0.15, 0.2) is 24.3 Å². The molecule has 34 heavy (non-hydrogen) atoms. The minimum Gasteiger partial charge on any atom is -0.444 e. The molecule has 0 aliphatic heterocycles. The Labute approximate surface area is 201 Å². The van der Waals surface area contributed by atoms with Gasteiger partial charge in [0.05, 0.1) is 0 Å². The third-order valence-corrected chi connectivity index (χ3v) is 5.30. The number of primary amides is 1. The molecule has 1 fully saturated rings. The predicted molar refractivity (Wildman–Crippen MR) is 129 cm³/mol. The highest BCUT2D eigenvalue weighted by molar-refractivity contribution is 5.93. The number of nitrogens with zero attached hydrogens (tertiary/aromatic N) is 1. The SMILES string of the molecule is Cc1ccccc1C(C(=O)NC(C)C)N(C(=O)C(CCC(N)=O)NC(=O)OC(C)(C)C)C1CC1. The molecule has 0 bridgehead atoms. The maximum Gasteiger partial charge on any atom is 0.408 e. The molecule has 9 heteroatoms. The predicted octanol–water partition coefficient (Wildman–Crippen LogP) is 2.71. The van der Waals surface area contributed by atoms with Crippen LogP contribution in [0.1, 0.15) is 77.5 Å². The molecule has 188 valence electrons. The van der Waals surface area contributed by atoms with Crippen molar-refractivity contribution in [1.82, 2.24) is 15.5 Å². The van der Waals surface area contributed by atoms with Gasteiger partial charge in [-0.15, -0.1) is 0 Å². The lowest BCUT2D eigenvalue weighted by Crippen LogP contribution is -2.54. The fourth-order valence-electron chi connectivity index (χ4n) is 3.72. The van der Waals surface area contributed by atoms with Crippen molar-refractivity contribution in [2.45, 2.75) is 97.0 Å². The molecule has 0 saturated heterocycles. The number of aryl methyl sites for hydroxylation is 1. The standard InChI is InChI=1S/C25H38N4O5/c1-15(2)27-22(31)21(18-10-8-7-9-16(18)3)29(17-11-12-17)23(32)19(13-14-20(26)30)28-24(33)34-25(4,5)6/h7-10,15,17,19,21H,11-14H2,1-6H3,(H2,26,30)(H,27,31)(H,28,33). The first kappa shape index (κ1) is 27.1. The number of benzene rings is 1. The van der Waals surface area contributed by atoms with Crippen LogP contribution < -0.4 is 16.4 Å². The van der Waals surface area contributed by atoms with E-state index in [0.29, 0.717) is 5.56 Å². The molecule has 2 atom stereocenters. The highest BCUT2D eigenvalue weighted by Crippen LogP contribution is 2.36. The van der Waals surface area contributed by atoms with Crippen molar-refractivity contribution in [3.8, 4) is 0 Å². The Balaban J connectivity index is 2.45. The highest BCUT2D eigenvalue weighted by Gasteiger charge is 2.44. The maximum absolute atomic E-state index is 13.9. The Kier molecular flexibility index (Phi) is 9.06. The van der Waals surface area contributed by atoms with Crippen LogP contribution in [0.3, 0.4) is 0 Å². The third kappa shape index (κ3) is 8.04.